The van der Waals surface area contributed by atoms with Gasteiger partial charge in [-0.2, -0.15) is 5.10 Å². The molecule has 0 spiro atoms. The van der Waals surface area contributed by atoms with Gasteiger partial charge in [-0.3, -0.25) is 9.89 Å². The largest absolute Gasteiger partial charge is 0.385 e. The molecule has 2 aromatic rings. The van der Waals surface area contributed by atoms with E-state index in [-0.39, 0.29) is 11.9 Å². The number of rotatable bonds is 5. The fraction of sp³-hybridized carbons (Fsp3) is 0.357. The van der Waals surface area contributed by atoms with E-state index in [2.05, 4.69) is 25.8 Å². The summed E-state index contributed by atoms with van der Waals surface area (Å²) >= 11 is 0. The summed E-state index contributed by atoms with van der Waals surface area (Å²) in [6, 6.07) is 5.50. The second kappa shape index (κ2) is 6.18. The Morgan fingerprint density at radius 1 is 1.45 bits per heavy atom. The Balaban J connectivity index is 2.09. The molecule has 0 aliphatic heterocycles. The van der Waals surface area contributed by atoms with Crippen molar-refractivity contribution in [2.45, 2.75) is 26.8 Å². The summed E-state index contributed by atoms with van der Waals surface area (Å²) in [7, 11) is 0. The lowest BCUT2D eigenvalue weighted by molar-refractivity contribution is 0.0938. The number of aromatic amines is 1. The summed E-state index contributed by atoms with van der Waals surface area (Å²) in [6.07, 6.45) is 1.43. The van der Waals surface area contributed by atoms with Gasteiger partial charge in [0.1, 0.15) is 12.2 Å². The van der Waals surface area contributed by atoms with Crippen molar-refractivity contribution in [2.75, 3.05) is 11.9 Å². The first-order valence-electron chi connectivity index (χ1n) is 6.62. The molecule has 0 fully saturated rings. The van der Waals surface area contributed by atoms with Crippen LogP contribution in [0.5, 0.6) is 0 Å². The van der Waals surface area contributed by atoms with E-state index in [4.69, 9.17) is 0 Å². The highest BCUT2D eigenvalue weighted by molar-refractivity contribution is 5.96. The lowest BCUT2D eigenvalue weighted by atomic mass is 10.1. The van der Waals surface area contributed by atoms with Gasteiger partial charge in [-0.25, -0.2) is 4.98 Å². The summed E-state index contributed by atoms with van der Waals surface area (Å²) in [4.78, 5) is 16.3. The smallest absolute Gasteiger partial charge is 0.252 e. The monoisotopic (exact) mass is 273 g/mol. The molecule has 0 aliphatic rings. The molecule has 1 aromatic heterocycles. The fourth-order valence-electron chi connectivity index (χ4n) is 2.00. The molecule has 6 nitrogen and oxygen atoms in total. The van der Waals surface area contributed by atoms with Crippen molar-refractivity contribution in [2.24, 2.45) is 0 Å². The SMILES string of the molecule is CCNc1ccc(C(=O)NC(C)c2ncn[nH]2)c(C)c1. The molecule has 1 amide bonds. The van der Waals surface area contributed by atoms with E-state index >= 15 is 0 Å². The first-order chi connectivity index (χ1) is 9.61. The van der Waals surface area contributed by atoms with Crippen LogP contribution in [0.4, 0.5) is 5.69 Å². The first-order valence-corrected chi connectivity index (χ1v) is 6.62. The standard InChI is InChI=1S/C14H19N5O/c1-4-15-11-5-6-12(9(2)7-11)14(20)18-10(3)13-16-8-17-19-13/h5-8,10,15H,4H2,1-3H3,(H,18,20)(H,16,17,19). The highest BCUT2D eigenvalue weighted by atomic mass is 16.1. The van der Waals surface area contributed by atoms with Crippen LogP contribution in [0, 0.1) is 6.92 Å². The predicted molar refractivity (Wildman–Crippen MR) is 77.6 cm³/mol. The maximum Gasteiger partial charge on any atom is 0.252 e. The Labute approximate surface area is 118 Å². The van der Waals surface area contributed by atoms with E-state index in [1.807, 2.05) is 39.0 Å². The summed E-state index contributed by atoms with van der Waals surface area (Å²) in [6.45, 7) is 6.68. The molecular formula is C14H19N5O. The molecule has 0 aliphatic carbocycles. The van der Waals surface area contributed by atoms with Crippen LogP contribution in [-0.2, 0) is 0 Å². The third-order valence-corrected chi connectivity index (χ3v) is 3.04. The van der Waals surface area contributed by atoms with E-state index in [0.29, 0.717) is 11.4 Å². The van der Waals surface area contributed by atoms with Crippen LogP contribution in [0.2, 0.25) is 0 Å². The quantitative estimate of drug-likeness (QED) is 0.778. The van der Waals surface area contributed by atoms with E-state index in [1.54, 1.807) is 0 Å². The summed E-state index contributed by atoms with van der Waals surface area (Å²) in [5, 5.41) is 12.6. The number of aryl methyl sites for hydroxylation is 1. The van der Waals surface area contributed by atoms with Crippen molar-refractivity contribution in [3.05, 3.63) is 41.5 Å². The van der Waals surface area contributed by atoms with Gasteiger partial charge in [-0.05, 0) is 44.5 Å². The van der Waals surface area contributed by atoms with Crippen LogP contribution in [0.1, 0.15) is 41.6 Å². The van der Waals surface area contributed by atoms with Crippen molar-refractivity contribution in [3.63, 3.8) is 0 Å². The Hall–Kier alpha value is -2.37. The lowest BCUT2D eigenvalue weighted by Gasteiger charge is -2.13. The van der Waals surface area contributed by atoms with Gasteiger partial charge in [-0.15, -0.1) is 0 Å². The number of nitrogens with zero attached hydrogens (tertiary/aromatic N) is 2. The number of aromatic nitrogens is 3. The highest BCUT2D eigenvalue weighted by Gasteiger charge is 2.15. The molecule has 0 saturated carbocycles. The Morgan fingerprint density at radius 2 is 2.25 bits per heavy atom. The minimum Gasteiger partial charge on any atom is -0.385 e. The number of hydrogen-bond donors (Lipinski definition) is 3. The Kier molecular flexibility index (Phi) is 4.34. The van der Waals surface area contributed by atoms with Crippen LogP contribution in [0.25, 0.3) is 0 Å². The van der Waals surface area contributed by atoms with Crippen molar-refractivity contribution >= 4 is 11.6 Å². The van der Waals surface area contributed by atoms with Gasteiger partial charge in [0.25, 0.3) is 5.91 Å². The fourth-order valence-corrected chi connectivity index (χ4v) is 2.00. The second-order valence-electron chi connectivity index (χ2n) is 4.63. The molecule has 6 heteroatoms. The molecular weight excluding hydrogens is 254 g/mol. The van der Waals surface area contributed by atoms with Crippen molar-refractivity contribution in [1.82, 2.24) is 20.5 Å². The second-order valence-corrected chi connectivity index (χ2v) is 4.63. The summed E-state index contributed by atoms with van der Waals surface area (Å²) in [5.74, 6) is 0.523. The molecule has 1 unspecified atom stereocenters. The van der Waals surface area contributed by atoms with Crippen LogP contribution in [0.3, 0.4) is 0 Å². The third-order valence-electron chi connectivity index (χ3n) is 3.04. The van der Waals surface area contributed by atoms with E-state index in [0.717, 1.165) is 17.8 Å². The number of carbonyl (C=O) groups excluding carboxylic acids is 1. The van der Waals surface area contributed by atoms with Crippen LogP contribution >= 0.6 is 0 Å². The molecule has 0 bridgehead atoms. The average Bonchev–Trinajstić information content (AvgIpc) is 2.93. The number of hydrogen-bond acceptors (Lipinski definition) is 4. The highest BCUT2D eigenvalue weighted by Crippen LogP contribution is 2.16. The topological polar surface area (TPSA) is 82.7 Å². The van der Waals surface area contributed by atoms with Gasteiger partial charge in [-0.1, -0.05) is 0 Å². The van der Waals surface area contributed by atoms with Crippen molar-refractivity contribution < 1.29 is 4.79 Å². The Bertz CT molecular complexity index is 579. The van der Waals surface area contributed by atoms with Crippen LogP contribution < -0.4 is 10.6 Å². The maximum absolute atomic E-state index is 12.2. The van der Waals surface area contributed by atoms with Gasteiger partial charge in [0.05, 0.1) is 6.04 Å². The zero-order valence-electron chi connectivity index (χ0n) is 11.9. The average molecular weight is 273 g/mol. The third kappa shape index (κ3) is 3.14. The molecule has 106 valence electrons. The molecule has 3 N–H and O–H groups in total. The molecule has 0 saturated heterocycles. The molecule has 2 rings (SSSR count). The predicted octanol–water partition coefficient (Wildman–Crippen LogP) is 2.04. The number of H-pyrrole nitrogens is 1. The van der Waals surface area contributed by atoms with Crippen molar-refractivity contribution in [1.29, 1.82) is 0 Å². The molecule has 1 aromatic carbocycles. The number of benzene rings is 1. The van der Waals surface area contributed by atoms with Gasteiger partial charge in [0.15, 0.2) is 0 Å². The molecule has 1 atom stereocenters. The number of anilines is 1. The van der Waals surface area contributed by atoms with Crippen LogP contribution in [-0.4, -0.2) is 27.6 Å². The Morgan fingerprint density at radius 3 is 2.85 bits per heavy atom. The zero-order valence-corrected chi connectivity index (χ0v) is 11.9. The maximum atomic E-state index is 12.2. The van der Waals surface area contributed by atoms with Gasteiger partial charge in [0, 0.05) is 17.8 Å². The molecule has 1 heterocycles. The molecule has 0 radical (unpaired) electrons. The number of amides is 1. The normalized spacial score (nSPS) is 11.9. The van der Waals surface area contributed by atoms with Gasteiger partial charge >= 0.3 is 0 Å². The van der Waals surface area contributed by atoms with E-state index in [9.17, 15) is 4.79 Å². The first kappa shape index (κ1) is 14.0. The van der Waals surface area contributed by atoms with Crippen LogP contribution in [0.15, 0.2) is 24.5 Å². The molecule has 20 heavy (non-hydrogen) atoms. The minimum atomic E-state index is -0.210. The zero-order chi connectivity index (χ0) is 14.5. The van der Waals surface area contributed by atoms with Gasteiger partial charge < -0.3 is 10.6 Å². The van der Waals surface area contributed by atoms with Gasteiger partial charge in [0.2, 0.25) is 0 Å². The minimum absolute atomic E-state index is 0.116. The summed E-state index contributed by atoms with van der Waals surface area (Å²) in [5.41, 5.74) is 2.62. The lowest BCUT2D eigenvalue weighted by Crippen LogP contribution is -2.28. The number of nitrogens with one attached hydrogen (secondary N) is 3. The summed E-state index contributed by atoms with van der Waals surface area (Å²) < 4.78 is 0. The number of carbonyl (C=O) groups is 1. The van der Waals surface area contributed by atoms with Crippen molar-refractivity contribution in [3.8, 4) is 0 Å². The van der Waals surface area contributed by atoms with E-state index in [1.165, 1.54) is 6.33 Å². The van der Waals surface area contributed by atoms with E-state index < -0.39 is 0 Å².